The lowest BCUT2D eigenvalue weighted by molar-refractivity contribution is 0.414. The lowest BCUT2D eigenvalue weighted by Gasteiger charge is -2.03. The average molecular weight is 171 g/mol. The normalized spacial score (nSPS) is 9.73. The Bertz CT molecular complexity index is 245. The molecule has 0 bridgehead atoms. The van der Waals surface area contributed by atoms with Crippen LogP contribution in [-0.4, -0.2) is 7.11 Å². The van der Waals surface area contributed by atoms with Crippen molar-refractivity contribution in [3.63, 3.8) is 0 Å². The Morgan fingerprint density at radius 3 is 2.73 bits per heavy atom. The van der Waals surface area contributed by atoms with Crippen LogP contribution in [0.5, 0.6) is 5.75 Å². The van der Waals surface area contributed by atoms with Gasteiger partial charge in [0.25, 0.3) is 0 Å². The molecule has 0 heterocycles. The maximum atomic E-state index is 5.90. The Hall–Kier alpha value is -0.690. The van der Waals surface area contributed by atoms with E-state index in [0.717, 1.165) is 22.8 Å². The molecule has 0 saturated heterocycles. The zero-order chi connectivity index (χ0) is 8.27. The Balaban J connectivity index is 3.02. The first-order valence-corrected chi connectivity index (χ1v) is 3.98. The minimum absolute atomic E-state index is 0.813. The van der Waals surface area contributed by atoms with Crippen molar-refractivity contribution in [1.29, 1.82) is 0 Å². The van der Waals surface area contributed by atoms with Gasteiger partial charge in [0, 0.05) is 5.02 Å². The molecule has 0 atom stereocenters. The maximum Gasteiger partial charge on any atom is 0.119 e. The highest BCUT2D eigenvalue weighted by Gasteiger charge is 1.98. The molecule has 1 aromatic rings. The molecule has 11 heavy (non-hydrogen) atoms. The molecule has 2 heteroatoms. The fraction of sp³-hybridized carbons (Fsp3) is 0.333. The first-order valence-electron chi connectivity index (χ1n) is 3.60. The summed E-state index contributed by atoms with van der Waals surface area (Å²) in [6.07, 6.45) is 0.941. The molecule has 1 nitrogen and oxygen atoms in total. The topological polar surface area (TPSA) is 9.23 Å². The predicted molar refractivity (Wildman–Crippen MR) is 47.4 cm³/mol. The standard InChI is InChI=1S/C9H11ClO/c1-3-7-6-8(11-2)4-5-9(7)10/h4-6H,3H2,1-2H3. The van der Waals surface area contributed by atoms with Gasteiger partial charge in [-0.25, -0.2) is 0 Å². The number of methoxy groups -OCH3 is 1. The van der Waals surface area contributed by atoms with E-state index in [1.165, 1.54) is 0 Å². The highest BCUT2D eigenvalue weighted by atomic mass is 35.5. The predicted octanol–water partition coefficient (Wildman–Crippen LogP) is 2.91. The van der Waals surface area contributed by atoms with E-state index in [1.807, 2.05) is 18.2 Å². The molecule has 0 aromatic heterocycles. The average Bonchev–Trinajstić information content (AvgIpc) is 2.05. The molecule has 0 aliphatic carbocycles. The van der Waals surface area contributed by atoms with Gasteiger partial charge >= 0.3 is 0 Å². The minimum atomic E-state index is 0.813. The number of hydrogen-bond donors (Lipinski definition) is 0. The van der Waals surface area contributed by atoms with E-state index in [4.69, 9.17) is 16.3 Å². The molecule has 0 fully saturated rings. The molecule has 0 saturated carbocycles. The summed E-state index contributed by atoms with van der Waals surface area (Å²) < 4.78 is 5.05. The van der Waals surface area contributed by atoms with Crippen LogP contribution < -0.4 is 4.74 Å². The van der Waals surface area contributed by atoms with Crippen LogP contribution >= 0.6 is 11.6 Å². The van der Waals surface area contributed by atoms with Crippen molar-refractivity contribution in [1.82, 2.24) is 0 Å². The molecule has 0 aliphatic rings. The number of rotatable bonds is 2. The van der Waals surface area contributed by atoms with Gasteiger partial charge in [0.2, 0.25) is 0 Å². The second-order valence-electron chi connectivity index (χ2n) is 2.31. The number of ether oxygens (including phenoxy) is 1. The number of aryl methyl sites for hydroxylation is 1. The zero-order valence-electron chi connectivity index (χ0n) is 6.73. The molecule has 0 aliphatic heterocycles. The lowest BCUT2D eigenvalue weighted by Crippen LogP contribution is -1.86. The molecule has 0 N–H and O–H groups in total. The summed E-state index contributed by atoms with van der Waals surface area (Å²) in [5.41, 5.74) is 1.13. The number of benzene rings is 1. The van der Waals surface area contributed by atoms with E-state index in [2.05, 4.69) is 6.92 Å². The molecule has 0 unspecified atom stereocenters. The number of hydrogen-bond acceptors (Lipinski definition) is 1. The molecule has 0 spiro atoms. The summed E-state index contributed by atoms with van der Waals surface area (Å²) >= 11 is 5.90. The molecule has 1 aromatic carbocycles. The Morgan fingerprint density at radius 2 is 2.18 bits per heavy atom. The summed E-state index contributed by atoms with van der Waals surface area (Å²) in [5.74, 6) is 0.867. The van der Waals surface area contributed by atoms with E-state index in [-0.39, 0.29) is 0 Å². The van der Waals surface area contributed by atoms with Gasteiger partial charge in [0.15, 0.2) is 0 Å². The molecular formula is C9H11ClO. The maximum absolute atomic E-state index is 5.90. The van der Waals surface area contributed by atoms with Crippen molar-refractivity contribution in [3.8, 4) is 5.75 Å². The Kier molecular flexibility index (Phi) is 2.77. The van der Waals surface area contributed by atoms with Crippen molar-refractivity contribution in [2.75, 3.05) is 7.11 Å². The molecule has 1 rings (SSSR count). The second-order valence-corrected chi connectivity index (χ2v) is 2.72. The quantitative estimate of drug-likeness (QED) is 0.663. The van der Waals surface area contributed by atoms with Crippen LogP contribution in [0.3, 0.4) is 0 Å². The van der Waals surface area contributed by atoms with Crippen molar-refractivity contribution in [3.05, 3.63) is 28.8 Å². The summed E-state index contributed by atoms with van der Waals surface area (Å²) in [6, 6.07) is 5.68. The lowest BCUT2D eigenvalue weighted by atomic mass is 10.2. The van der Waals surface area contributed by atoms with E-state index in [0.29, 0.717) is 0 Å². The van der Waals surface area contributed by atoms with Gasteiger partial charge in [-0.2, -0.15) is 0 Å². The third-order valence-corrected chi connectivity index (χ3v) is 2.00. The van der Waals surface area contributed by atoms with Crippen molar-refractivity contribution < 1.29 is 4.74 Å². The van der Waals surface area contributed by atoms with Gasteiger partial charge in [-0.15, -0.1) is 0 Å². The monoisotopic (exact) mass is 170 g/mol. The van der Waals surface area contributed by atoms with Crippen LogP contribution in [0.15, 0.2) is 18.2 Å². The summed E-state index contributed by atoms with van der Waals surface area (Å²) in [4.78, 5) is 0. The smallest absolute Gasteiger partial charge is 0.119 e. The van der Waals surface area contributed by atoms with Crippen molar-refractivity contribution in [2.45, 2.75) is 13.3 Å². The zero-order valence-corrected chi connectivity index (χ0v) is 7.48. The summed E-state index contributed by atoms with van der Waals surface area (Å²) in [7, 11) is 1.66. The second kappa shape index (κ2) is 3.63. The van der Waals surface area contributed by atoms with Crippen LogP contribution in [-0.2, 0) is 6.42 Å². The fourth-order valence-electron chi connectivity index (χ4n) is 0.949. The minimum Gasteiger partial charge on any atom is -0.497 e. The van der Waals surface area contributed by atoms with Gasteiger partial charge in [0.05, 0.1) is 7.11 Å². The molecule has 0 amide bonds. The number of halogens is 1. The van der Waals surface area contributed by atoms with Crippen LogP contribution in [0.4, 0.5) is 0 Å². The summed E-state index contributed by atoms with van der Waals surface area (Å²) in [5, 5.41) is 0.813. The first-order chi connectivity index (χ1) is 5.27. The van der Waals surface area contributed by atoms with Crippen LogP contribution in [0.25, 0.3) is 0 Å². The molecule has 0 radical (unpaired) electrons. The van der Waals surface area contributed by atoms with Gasteiger partial charge in [-0.1, -0.05) is 18.5 Å². The van der Waals surface area contributed by atoms with Crippen LogP contribution in [0, 0.1) is 0 Å². The Morgan fingerprint density at radius 1 is 1.45 bits per heavy atom. The van der Waals surface area contributed by atoms with E-state index < -0.39 is 0 Å². The van der Waals surface area contributed by atoms with E-state index in [1.54, 1.807) is 7.11 Å². The van der Waals surface area contributed by atoms with Gasteiger partial charge < -0.3 is 4.74 Å². The summed E-state index contributed by atoms with van der Waals surface area (Å²) in [6.45, 7) is 2.07. The van der Waals surface area contributed by atoms with Crippen molar-refractivity contribution in [2.24, 2.45) is 0 Å². The third kappa shape index (κ3) is 1.87. The van der Waals surface area contributed by atoms with Crippen LogP contribution in [0.2, 0.25) is 5.02 Å². The largest absolute Gasteiger partial charge is 0.497 e. The van der Waals surface area contributed by atoms with Crippen LogP contribution in [0.1, 0.15) is 12.5 Å². The third-order valence-electron chi connectivity index (χ3n) is 1.63. The van der Waals surface area contributed by atoms with Gasteiger partial charge in [-0.3, -0.25) is 0 Å². The molecular weight excluding hydrogens is 160 g/mol. The fourth-order valence-corrected chi connectivity index (χ4v) is 1.20. The van der Waals surface area contributed by atoms with Gasteiger partial charge in [-0.05, 0) is 30.2 Å². The highest BCUT2D eigenvalue weighted by molar-refractivity contribution is 6.31. The van der Waals surface area contributed by atoms with E-state index >= 15 is 0 Å². The SMILES string of the molecule is CCc1cc(OC)ccc1Cl. The Labute approximate surface area is 71.9 Å². The first kappa shape index (κ1) is 8.41. The molecule has 60 valence electrons. The highest BCUT2D eigenvalue weighted by Crippen LogP contribution is 2.21. The van der Waals surface area contributed by atoms with Crippen molar-refractivity contribution >= 4 is 11.6 Å². The van der Waals surface area contributed by atoms with Gasteiger partial charge in [0.1, 0.15) is 5.75 Å². The van der Waals surface area contributed by atoms with E-state index in [9.17, 15) is 0 Å².